The van der Waals surface area contributed by atoms with E-state index in [1.807, 2.05) is 32.0 Å². The molecule has 0 bridgehead atoms. The van der Waals surface area contributed by atoms with Gasteiger partial charge in [-0.3, -0.25) is 9.59 Å². The summed E-state index contributed by atoms with van der Waals surface area (Å²) in [6.45, 7) is 11.4. The minimum atomic E-state index is -1.06. The van der Waals surface area contributed by atoms with E-state index in [0.717, 1.165) is 24.0 Å². The van der Waals surface area contributed by atoms with Gasteiger partial charge in [0.25, 0.3) is 5.91 Å². The highest BCUT2D eigenvalue weighted by Gasteiger charge is 2.36. The van der Waals surface area contributed by atoms with E-state index in [1.165, 1.54) is 12.1 Å². The molecule has 0 radical (unpaired) electrons. The number of carbonyl (C=O) groups excluding carboxylic acids is 3. The maximum atomic E-state index is 14.6. The van der Waals surface area contributed by atoms with E-state index in [1.54, 1.807) is 62.1 Å². The van der Waals surface area contributed by atoms with Crippen LogP contribution in [0.5, 0.6) is 5.75 Å². The molecular formula is C37H45N3O5. The molecule has 0 aliphatic rings. The molecular weight excluding hydrogens is 566 g/mol. The number of aromatic hydroxyl groups is 1. The summed E-state index contributed by atoms with van der Waals surface area (Å²) >= 11 is 0. The molecule has 238 valence electrons. The predicted molar refractivity (Wildman–Crippen MR) is 178 cm³/mol. The molecule has 45 heavy (non-hydrogen) atoms. The van der Waals surface area contributed by atoms with Crippen molar-refractivity contribution >= 4 is 23.6 Å². The van der Waals surface area contributed by atoms with Crippen molar-refractivity contribution in [3.05, 3.63) is 94.5 Å². The summed E-state index contributed by atoms with van der Waals surface area (Å²) in [5.74, 6) is 1.86. The van der Waals surface area contributed by atoms with Crippen molar-refractivity contribution in [2.45, 2.75) is 84.9 Å². The van der Waals surface area contributed by atoms with E-state index in [9.17, 15) is 19.5 Å². The first kappa shape index (κ1) is 34.7. The van der Waals surface area contributed by atoms with E-state index >= 15 is 0 Å². The van der Waals surface area contributed by atoms with Crippen LogP contribution in [0.15, 0.2) is 66.7 Å². The van der Waals surface area contributed by atoms with Gasteiger partial charge in [0.15, 0.2) is 0 Å². The monoisotopic (exact) mass is 611 g/mol. The number of amides is 3. The summed E-state index contributed by atoms with van der Waals surface area (Å²) in [6, 6.07) is 17.1. The molecule has 3 aromatic carbocycles. The summed E-state index contributed by atoms with van der Waals surface area (Å²) in [7, 11) is 0. The fourth-order valence-electron chi connectivity index (χ4n) is 5.05. The molecule has 3 rings (SSSR count). The van der Waals surface area contributed by atoms with Crippen LogP contribution in [0, 0.1) is 26.2 Å². The van der Waals surface area contributed by atoms with Crippen molar-refractivity contribution < 1.29 is 24.2 Å². The van der Waals surface area contributed by atoms with Crippen LogP contribution in [0.25, 0.3) is 0 Å². The van der Waals surface area contributed by atoms with Crippen LogP contribution in [0.2, 0.25) is 0 Å². The molecule has 3 amide bonds. The largest absolute Gasteiger partial charge is 0.508 e. The topological polar surface area (TPSA) is 108 Å². The number of nitrogens with zero attached hydrogens (tertiary/aromatic N) is 1. The highest BCUT2D eigenvalue weighted by atomic mass is 16.6. The first-order valence-corrected chi connectivity index (χ1v) is 15.3. The number of anilines is 1. The number of rotatable bonds is 12. The van der Waals surface area contributed by atoms with Crippen LogP contribution < -0.4 is 10.6 Å². The van der Waals surface area contributed by atoms with Gasteiger partial charge in [-0.15, -0.1) is 6.42 Å². The Morgan fingerprint density at radius 2 is 1.58 bits per heavy atom. The predicted octanol–water partition coefficient (Wildman–Crippen LogP) is 6.82. The number of para-hydroxylation sites is 1. The lowest BCUT2D eigenvalue weighted by molar-refractivity contribution is -0.140. The van der Waals surface area contributed by atoms with E-state index < -0.39 is 29.7 Å². The molecule has 2 atom stereocenters. The van der Waals surface area contributed by atoms with Crippen molar-refractivity contribution in [2.75, 3.05) is 11.9 Å². The van der Waals surface area contributed by atoms with Gasteiger partial charge in [-0.05, 0) is 87.6 Å². The third kappa shape index (κ3) is 10.1. The van der Waals surface area contributed by atoms with Crippen molar-refractivity contribution in [1.29, 1.82) is 0 Å². The van der Waals surface area contributed by atoms with Gasteiger partial charge in [0, 0.05) is 24.2 Å². The lowest BCUT2D eigenvalue weighted by Gasteiger charge is -2.35. The first-order valence-electron chi connectivity index (χ1n) is 15.3. The number of unbranched alkanes of at least 4 members (excludes halogenated alkanes) is 2. The van der Waals surface area contributed by atoms with Crippen LogP contribution >= 0.6 is 0 Å². The molecule has 0 aliphatic heterocycles. The molecule has 0 saturated carbocycles. The van der Waals surface area contributed by atoms with Gasteiger partial charge in [0.2, 0.25) is 5.91 Å². The molecule has 8 heteroatoms. The number of phenolic OH excluding ortho intramolecular Hbond substituents is 1. The van der Waals surface area contributed by atoms with Crippen molar-refractivity contribution in [2.24, 2.45) is 0 Å². The minimum absolute atomic E-state index is 0.0848. The van der Waals surface area contributed by atoms with Gasteiger partial charge in [-0.2, -0.15) is 0 Å². The molecule has 3 N–H and O–H groups in total. The lowest BCUT2D eigenvalue weighted by Crippen LogP contribution is -2.53. The fraction of sp³-hybridized carbons (Fsp3) is 0.378. The highest BCUT2D eigenvalue weighted by Crippen LogP contribution is 2.28. The number of carbonyl (C=O) groups is 3. The number of hydrogen-bond acceptors (Lipinski definition) is 5. The van der Waals surface area contributed by atoms with Gasteiger partial charge in [0.05, 0.1) is 0 Å². The minimum Gasteiger partial charge on any atom is -0.508 e. The summed E-state index contributed by atoms with van der Waals surface area (Å²) < 4.78 is 5.52. The second-order valence-electron chi connectivity index (χ2n) is 12.2. The maximum Gasteiger partial charge on any atom is 0.408 e. The number of terminal acetylenes is 1. The van der Waals surface area contributed by atoms with E-state index in [0.29, 0.717) is 28.8 Å². The van der Waals surface area contributed by atoms with Crippen LogP contribution in [0.3, 0.4) is 0 Å². The quantitative estimate of drug-likeness (QED) is 0.154. The Balaban J connectivity index is 2.11. The summed E-state index contributed by atoms with van der Waals surface area (Å²) in [5, 5.41) is 15.7. The molecule has 8 nitrogen and oxygen atoms in total. The summed E-state index contributed by atoms with van der Waals surface area (Å²) in [4.78, 5) is 43.5. The third-order valence-electron chi connectivity index (χ3n) is 7.33. The SMILES string of the molecule is C#Cc1ccc(C(C(=O)Nc2c(C)cccc2C)N(CCCCC)C(=O)C(Cc2ccc(O)cc2)NC(=O)OC(C)(C)C)cc1. The number of nitrogens with one attached hydrogen (secondary N) is 2. The molecule has 0 saturated heterocycles. The van der Waals surface area contributed by atoms with Gasteiger partial charge < -0.3 is 25.4 Å². The van der Waals surface area contributed by atoms with Crippen molar-refractivity contribution in [3.63, 3.8) is 0 Å². The molecule has 0 aromatic heterocycles. The lowest BCUT2D eigenvalue weighted by atomic mass is 9.98. The molecule has 0 aliphatic carbocycles. The third-order valence-corrected chi connectivity index (χ3v) is 7.33. The molecule has 3 aromatic rings. The van der Waals surface area contributed by atoms with Crippen LogP contribution in [0.4, 0.5) is 10.5 Å². The molecule has 0 fully saturated rings. The number of aryl methyl sites for hydroxylation is 2. The Hall–Kier alpha value is -4.77. The normalized spacial score (nSPS) is 12.4. The van der Waals surface area contributed by atoms with E-state index in [2.05, 4.69) is 23.5 Å². The zero-order valence-electron chi connectivity index (χ0n) is 27.1. The van der Waals surface area contributed by atoms with Crippen molar-refractivity contribution in [3.8, 4) is 18.1 Å². The maximum absolute atomic E-state index is 14.6. The van der Waals surface area contributed by atoms with Crippen LogP contribution in [-0.2, 0) is 20.7 Å². The van der Waals surface area contributed by atoms with E-state index in [-0.39, 0.29) is 24.6 Å². The number of hydrogen-bond donors (Lipinski definition) is 3. The Labute approximate surface area is 267 Å². The Morgan fingerprint density at radius 1 is 0.956 bits per heavy atom. The van der Waals surface area contributed by atoms with E-state index in [4.69, 9.17) is 11.2 Å². The zero-order chi connectivity index (χ0) is 33.1. The zero-order valence-corrected chi connectivity index (χ0v) is 27.1. The highest BCUT2D eigenvalue weighted by molar-refractivity contribution is 6.00. The second-order valence-corrected chi connectivity index (χ2v) is 12.2. The van der Waals surface area contributed by atoms with Crippen molar-refractivity contribution in [1.82, 2.24) is 10.2 Å². The second kappa shape index (κ2) is 15.8. The van der Waals surface area contributed by atoms with Gasteiger partial charge in [0.1, 0.15) is 23.4 Å². The van der Waals surface area contributed by atoms with Gasteiger partial charge in [-0.1, -0.05) is 68.2 Å². The molecule has 2 unspecified atom stereocenters. The Bertz CT molecular complexity index is 1480. The number of benzene rings is 3. The van der Waals surface area contributed by atoms with Gasteiger partial charge in [-0.25, -0.2) is 4.79 Å². The van der Waals surface area contributed by atoms with Crippen LogP contribution in [0.1, 0.15) is 80.8 Å². The molecule has 0 heterocycles. The van der Waals surface area contributed by atoms with Crippen LogP contribution in [-0.4, -0.2) is 46.1 Å². The number of phenols is 1. The number of alkyl carbamates (subject to hydrolysis) is 1. The molecule has 0 spiro atoms. The summed E-state index contributed by atoms with van der Waals surface area (Å²) in [5.41, 5.74) is 3.63. The number of ether oxygens (including phenoxy) is 1. The smallest absolute Gasteiger partial charge is 0.408 e. The average Bonchev–Trinajstić information content (AvgIpc) is 2.98. The summed E-state index contributed by atoms with van der Waals surface area (Å²) in [6.07, 6.45) is 7.38. The Morgan fingerprint density at radius 3 is 2.13 bits per heavy atom. The standard InChI is InChI=1S/C37H45N3O5/c1-8-10-11-23-40(35(43)31(38-36(44)45-37(5,6)7)24-28-17-21-30(41)22-18-28)33(29-19-15-27(9-2)16-20-29)34(42)39-32-25(3)13-12-14-26(32)4/h2,12-22,31,33,41H,8,10-11,23-24H2,1,3-7H3,(H,38,44)(H,39,42). The fourth-order valence-corrected chi connectivity index (χ4v) is 5.05. The Kier molecular flexibility index (Phi) is 12.2. The van der Waals surface area contributed by atoms with Gasteiger partial charge >= 0.3 is 6.09 Å². The average molecular weight is 612 g/mol. The first-order chi connectivity index (χ1) is 21.3.